The summed E-state index contributed by atoms with van der Waals surface area (Å²) in [6, 6.07) is 5.15. The van der Waals surface area contributed by atoms with Gasteiger partial charge in [0.15, 0.2) is 0 Å². The molecule has 0 heterocycles. The first-order valence-corrected chi connectivity index (χ1v) is 7.27. The number of nitrogens with one attached hydrogen (secondary N) is 1. The van der Waals surface area contributed by atoms with Crippen LogP contribution in [0.1, 0.15) is 30.6 Å². The molecule has 100 valence electrons. The molecule has 3 nitrogen and oxygen atoms in total. The maximum atomic E-state index is 11.8. The van der Waals surface area contributed by atoms with Crippen molar-refractivity contribution < 1.29 is 9.90 Å². The molecule has 0 aromatic heterocycles. The van der Waals surface area contributed by atoms with Gasteiger partial charge in [-0.15, -0.1) is 0 Å². The van der Waals surface area contributed by atoms with Crippen molar-refractivity contribution in [2.45, 2.75) is 26.4 Å². The van der Waals surface area contributed by atoms with Crippen LogP contribution in [0.4, 0.5) is 0 Å². The first kappa shape index (κ1) is 15.7. The number of aliphatic hydroxyl groups is 1. The largest absolute Gasteiger partial charge is 0.391 e. The van der Waals surface area contributed by atoms with Gasteiger partial charge in [-0.05, 0) is 53.1 Å². The lowest BCUT2D eigenvalue weighted by Crippen LogP contribution is -2.32. The third-order valence-corrected chi connectivity index (χ3v) is 4.00. The van der Waals surface area contributed by atoms with Crippen molar-refractivity contribution in [2.24, 2.45) is 5.92 Å². The van der Waals surface area contributed by atoms with Gasteiger partial charge in [0.05, 0.1) is 11.1 Å². The molecule has 0 aliphatic heterocycles. The van der Waals surface area contributed by atoms with Crippen molar-refractivity contribution in [1.29, 1.82) is 0 Å². The molecule has 0 spiro atoms. The van der Waals surface area contributed by atoms with E-state index in [1.54, 1.807) is 18.2 Å². The van der Waals surface area contributed by atoms with Crippen molar-refractivity contribution in [3.8, 4) is 0 Å². The number of halogens is 2. The molecular weight excluding hydrogens is 365 g/mol. The van der Waals surface area contributed by atoms with Gasteiger partial charge < -0.3 is 10.4 Å². The van der Waals surface area contributed by atoms with Gasteiger partial charge in [0.1, 0.15) is 0 Å². The van der Waals surface area contributed by atoms with Crippen LogP contribution in [-0.2, 0) is 0 Å². The number of hydrogen-bond donors (Lipinski definition) is 2. The zero-order chi connectivity index (χ0) is 13.7. The van der Waals surface area contributed by atoms with E-state index >= 15 is 0 Å². The summed E-state index contributed by atoms with van der Waals surface area (Å²) < 4.78 is 0.908. The highest BCUT2D eigenvalue weighted by atomic mass is 127. The van der Waals surface area contributed by atoms with Gasteiger partial charge in [0, 0.05) is 15.7 Å². The van der Waals surface area contributed by atoms with Crippen LogP contribution in [0.5, 0.6) is 0 Å². The summed E-state index contributed by atoms with van der Waals surface area (Å²) in [6.07, 6.45) is 0.168. The Balaban J connectivity index is 2.52. The molecule has 0 aliphatic carbocycles. The summed E-state index contributed by atoms with van der Waals surface area (Å²) in [5.41, 5.74) is 0.511. The number of benzene rings is 1. The van der Waals surface area contributed by atoms with E-state index in [0.717, 1.165) is 3.57 Å². The standard InChI is InChI=1S/C13H17ClINO2/c1-8(2)5-10(17)7-16-13(18)9-3-4-12(15)11(14)6-9/h3-4,6,8,10,17H,5,7H2,1-2H3,(H,16,18). The molecule has 5 heteroatoms. The third kappa shape index (κ3) is 5.12. The van der Waals surface area contributed by atoms with E-state index in [9.17, 15) is 9.90 Å². The Morgan fingerprint density at radius 1 is 1.50 bits per heavy atom. The summed E-state index contributed by atoms with van der Waals surface area (Å²) in [5.74, 6) is 0.195. The highest BCUT2D eigenvalue weighted by Gasteiger charge is 2.11. The second kappa shape index (κ2) is 7.31. The number of aliphatic hydroxyl groups excluding tert-OH is 1. The first-order chi connectivity index (χ1) is 8.40. The maximum Gasteiger partial charge on any atom is 0.251 e. The number of carbonyl (C=O) groups is 1. The first-order valence-electron chi connectivity index (χ1n) is 5.81. The Hall–Kier alpha value is -0.330. The SMILES string of the molecule is CC(C)CC(O)CNC(=O)c1ccc(I)c(Cl)c1. The Labute approximate surface area is 126 Å². The number of carbonyl (C=O) groups excluding carboxylic acids is 1. The van der Waals surface area contributed by atoms with Crippen LogP contribution in [0.25, 0.3) is 0 Å². The van der Waals surface area contributed by atoms with Crippen LogP contribution in [0, 0.1) is 9.49 Å². The lowest BCUT2D eigenvalue weighted by Gasteiger charge is -2.14. The molecule has 0 bridgehead atoms. The van der Waals surface area contributed by atoms with Crippen LogP contribution in [0.15, 0.2) is 18.2 Å². The smallest absolute Gasteiger partial charge is 0.251 e. The average Bonchev–Trinajstić information content (AvgIpc) is 2.28. The monoisotopic (exact) mass is 381 g/mol. The third-order valence-electron chi connectivity index (χ3n) is 2.42. The Bertz CT molecular complexity index is 423. The van der Waals surface area contributed by atoms with Gasteiger partial charge in [-0.3, -0.25) is 4.79 Å². The van der Waals surface area contributed by atoms with Gasteiger partial charge in [-0.25, -0.2) is 0 Å². The predicted molar refractivity (Wildman–Crippen MR) is 82.0 cm³/mol. The Morgan fingerprint density at radius 3 is 2.72 bits per heavy atom. The minimum absolute atomic E-state index is 0.212. The lowest BCUT2D eigenvalue weighted by atomic mass is 10.1. The fourth-order valence-electron chi connectivity index (χ4n) is 1.58. The van der Waals surface area contributed by atoms with E-state index < -0.39 is 6.10 Å². The Morgan fingerprint density at radius 2 is 2.17 bits per heavy atom. The van der Waals surface area contributed by atoms with Crippen molar-refractivity contribution >= 4 is 40.1 Å². The molecule has 18 heavy (non-hydrogen) atoms. The second-order valence-corrected chi connectivity index (χ2v) is 6.19. The van der Waals surface area contributed by atoms with Crippen molar-refractivity contribution in [2.75, 3.05) is 6.54 Å². The van der Waals surface area contributed by atoms with E-state index in [4.69, 9.17) is 11.6 Å². The Kier molecular flexibility index (Phi) is 6.38. The highest BCUT2D eigenvalue weighted by molar-refractivity contribution is 14.1. The molecule has 1 atom stereocenters. The summed E-state index contributed by atoms with van der Waals surface area (Å²) in [5, 5.41) is 12.9. The number of amides is 1. The van der Waals surface area contributed by atoms with Gasteiger partial charge in [-0.1, -0.05) is 25.4 Å². The van der Waals surface area contributed by atoms with Crippen LogP contribution < -0.4 is 5.32 Å². The van der Waals surface area contributed by atoms with Crippen LogP contribution in [-0.4, -0.2) is 23.7 Å². The van der Waals surface area contributed by atoms with E-state index in [2.05, 4.69) is 27.9 Å². The molecular formula is C13H17ClINO2. The minimum Gasteiger partial charge on any atom is -0.391 e. The summed E-state index contributed by atoms with van der Waals surface area (Å²) in [4.78, 5) is 11.8. The zero-order valence-corrected chi connectivity index (χ0v) is 13.3. The molecule has 1 aromatic rings. The molecule has 1 unspecified atom stereocenters. The normalized spacial score (nSPS) is 12.6. The second-order valence-electron chi connectivity index (χ2n) is 4.62. The maximum absolute atomic E-state index is 11.8. The molecule has 1 rings (SSSR count). The fourth-order valence-corrected chi connectivity index (χ4v) is 2.09. The number of rotatable bonds is 5. The molecule has 0 fully saturated rings. The van der Waals surface area contributed by atoms with Crippen LogP contribution in [0.2, 0.25) is 5.02 Å². The fraction of sp³-hybridized carbons (Fsp3) is 0.462. The zero-order valence-electron chi connectivity index (χ0n) is 10.4. The molecule has 0 saturated carbocycles. The number of hydrogen-bond acceptors (Lipinski definition) is 2. The molecule has 2 N–H and O–H groups in total. The van der Waals surface area contributed by atoms with Crippen molar-refractivity contribution in [3.05, 3.63) is 32.4 Å². The minimum atomic E-state index is -0.506. The van der Waals surface area contributed by atoms with Gasteiger partial charge in [0.25, 0.3) is 5.91 Å². The molecule has 0 saturated heterocycles. The molecule has 1 amide bonds. The van der Waals surface area contributed by atoms with E-state index in [0.29, 0.717) is 22.9 Å². The van der Waals surface area contributed by atoms with Crippen molar-refractivity contribution in [3.63, 3.8) is 0 Å². The van der Waals surface area contributed by atoms with Crippen molar-refractivity contribution in [1.82, 2.24) is 5.32 Å². The predicted octanol–water partition coefficient (Wildman–Crippen LogP) is 3.08. The van der Waals surface area contributed by atoms with E-state index in [-0.39, 0.29) is 12.5 Å². The average molecular weight is 382 g/mol. The molecule has 0 aliphatic rings. The van der Waals surface area contributed by atoms with E-state index in [1.807, 2.05) is 13.8 Å². The molecule has 0 radical (unpaired) electrons. The summed E-state index contributed by atoms with van der Waals surface area (Å²) in [6.45, 7) is 4.33. The highest BCUT2D eigenvalue weighted by Crippen LogP contribution is 2.19. The topological polar surface area (TPSA) is 49.3 Å². The molecule has 1 aromatic carbocycles. The lowest BCUT2D eigenvalue weighted by molar-refractivity contribution is 0.0900. The summed E-state index contributed by atoms with van der Waals surface area (Å²) in [7, 11) is 0. The van der Waals surface area contributed by atoms with Gasteiger partial charge >= 0.3 is 0 Å². The van der Waals surface area contributed by atoms with Crippen LogP contribution in [0.3, 0.4) is 0 Å². The van der Waals surface area contributed by atoms with Gasteiger partial charge in [0.2, 0.25) is 0 Å². The van der Waals surface area contributed by atoms with Crippen LogP contribution >= 0.6 is 34.2 Å². The summed E-state index contributed by atoms with van der Waals surface area (Å²) >= 11 is 8.06. The van der Waals surface area contributed by atoms with Gasteiger partial charge in [-0.2, -0.15) is 0 Å². The quantitative estimate of drug-likeness (QED) is 0.770. The van der Waals surface area contributed by atoms with E-state index in [1.165, 1.54) is 0 Å².